The fourth-order valence-electron chi connectivity index (χ4n) is 1.94. The summed E-state index contributed by atoms with van der Waals surface area (Å²) in [5.41, 5.74) is 1.50. The molecule has 6 nitrogen and oxygen atoms in total. The number of unbranched alkanes of at least 4 members (excludes halogenated alkanes) is 3. The maximum Gasteiger partial charge on any atom is 0.260 e. The molecule has 0 bridgehead atoms. The van der Waals surface area contributed by atoms with E-state index in [9.17, 15) is 8.42 Å². The quantitative estimate of drug-likeness (QED) is 0.574. The highest BCUT2D eigenvalue weighted by atomic mass is 32.2. The highest BCUT2D eigenvalue weighted by Gasteiger charge is 2.22. The summed E-state index contributed by atoms with van der Waals surface area (Å²) in [6.07, 6.45) is 4.18. The van der Waals surface area contributed by atoms with Crippen LogP contribution in [-0.2, 0) is 16.6 Å². The van der Waals surface area contributed by atoms with Crippen molar-refractivity contribution in [1.82, 2.24) is 20.2 Å². The van der Waals surface area contributed by atoms with Gasteiger partial charge in [-0.2, -0.15) is 5.10 Å². The molecule has 116 valence electrons. The van der Waals surface area contributed by atoms with Gasteiger partial charge in [-0.15, -0.1) is 0 Å². The standard InChI is InChI=1S/C13H26N4O2S/c1-4-6-7-8-9-15-20(18,19)13-12(10-14-5-2)11(3)16-17-13/h14-15H,4-10H2,1-3H3,(H,16,17). The van der Waals surface area contributed by atoms with E-state index < -0.39 is 10.0 Å². The summed E-state index contributed by atoms with van der Waals surface area (Å²) in [7, 11) is -3.52. The minimum Gasteiger partial charge on any atom is -0.313 e. The molecule has 0 atom stereocenters. The zero-order chi connectivity index (χ0) is 15.0. The molecule has 0 saturated heterocycles. The Morgan fingerprint density at radius 1 is 1.20 bits per heavy atom. The van der Waals surface area contributed by atoms with Crippen molar-refractivity contribution >= 4 is 10.0 Å². The lowest BCUT2D eigenvalue weighted by Gasteiger charge is -2.07. The van der Waals surface area contributed by atoms with Gasteiger partial charge in [0.25, 0.3) is 10.0 Å². The van der Waals surface area contributed by atoms with E-state index in [1.165, 1.54) is 0 Å². The Bertz CT molecular complexity index is 496. The Kier molecular flexibility index (Phi) is 7.18. The zero-order valence-corrected chi connectivity index (χ0v) is 13.4. The number of aromatic amines is 1. The van der Waals surface area contributed by atoms with Crippen molar-refractivity contribution in [3.63, 3.8) is 0 Å². The summed E-state index contributed by atoms with van der Waals surface area (Å²) in [6, 6.07) is 0. The molecule has 0 aliphatic rings. The van der Waals surface area contributed by atoms with E-state index in [4.69, 9.17) is 0 Å². The zero-order valence-electron chi connectivity index (χ0n) is 12.6. The van der Waals surface area contributed by atoms with Gasteiger partial charge in [0.05, 0.1) is 0 Å². The molecule has 1 aromatic rings. The second-order valence-corrected chi connectivity index (χ2v) is 6.55. The predicted octanol–water partition coefficient (Wildman–Crippen LogP) is 1.69. The lowest BCUT2D eigenvalue weighted by molar-refractivity contribution is 0.567. The molecule has 7 heteroatoms. The number of aryl methyl sites for hydroxylation is 1. The fourth-order valence-corrected chi connectivity index (χ4v) is 3.20. The first-order chi connectivity index (χ1) is 9.53. The molecule has 0 aliphatic carbocycles. The maximum atomic E-state index is 12.2. The van der Waals surface area contributed by atoms with Crippen LogP contribution in [-0.4, -0.2) is 31.7 Å². The van der Waals surface area contributed by atoms with Crippen LogP contribution >= 0.6 is 0 Å². The summed E-state index contributed by atoms with van der Waals surface area (Å²) in [6.45, 7) is 7.70. The van der Waals surface area contributed by atoms with Crippen LogP contribution in [0, 0.1) is 6.92 Å². The third-order valence-electron chi connectivity index (χ3n) is 3.16. The monoisotopic (exact) mass is 302 g/mol. The lowest BCUT2D eigenvalue weighted by Crippen LogP contribution is -2.27. The van der Waals surface area contributed by atoms with Crippen LogP contribution in [0.3, 0.4) is 0 Å². The average molecular weight is 302 g/mol. The van der Waals surface area contributed by atoms with Crippen LogP contribution in [0.4, 0.5) is 0 Å². The van der Waals surface area contributed by atoms with Crippen molar-refractivity contribution in [2.24, 2.45) is 0 Å². The Morgan fingerprint density at radius 3 is 2.60 bits per heavy atom. The van der Waals surface area contributed by atoms with Crippen molar-refractivity contribution in [2.45, 2.75) is 58.0 Å². The Hall–Kier alpha value is -0.920. The molecular weight excluding hydrogens is 276 g/mol. The highest BCUT2D eigenvalue weighted by Crippen LogP contribution is 2.15. The molecule has 0 unspecified atom stereocenters. The largest absolute Gasteiger partial charge is 0.313 e. The Balaban J connectivity index is 2.67. The number of nitrogens with one attached hydrogen (secondary N) is 3. The molecule has 0 fully saturated rings. The molecule has 0 spiro atoms. The number of H-pyrrole nitrogens is 1. The van der Waals surface area contributed by atoms with Gasteiger partial charge in [0, 0.05) is 24.3 Å². The molecule has 1 heterocycles. The predicted molar refractivity (Wildman–Crippen MR) is 80.0 cm³/mol. The first-order valence-corrected chi connectivity index (χ1v) is 8.75. The van der Waals surface area contributed by atoms with E-state index in [2.05, 4.69) is 27.2 Å². The van der Waals surface area contributed by atoms with E-state index >= 15 is 0 Å². The summed E-state index contributed by atoms with van der Waals surface area (Å²) in [5.74, 6) is 0. The molecule has 0 aliphatic heterocycles. The molecule has 20 heavy (non-hydrogen) atoms. The lowest BCUT2D eigenvalue weighted by atomic mass is 10.2. The van der Waals surface area contributed by atoms with Crippen molar-refractivity contribution in [1.29, 1.82) is 0 Å². The fraction of sp³-hybridized carbons (Fsp3) is 0.769. The van der Waals surface area contributed by atoms with Gasteiger partial charge in [0.15, 0.2) is 5.03 Å². The van der Waals surface area contributed by atoms with Crippen LogP contribution in [0.5, 0.6) is 0 Å². The summed E-state index contributed by atoms with van der Waals surface area (Å²) in [5, 5.41) is 9.95. The van der Waals surface area contributed by atoms with Crippen LogP contribution < -0.4 is 10.0 Å². The number of hydrogen-bond donors (Lipinski definition) is 3. The number of rotatable bonds is 10. The van der Waals surface area contributed by atoms with Crippen LogP contribution in [0.2, 0.25) is 0 Å². The number of sulfonamides is 1. The molecule has 0 aromatic carbocycles. The topological polar surface area (TPSA) is 86.9 Å². The number of nitrogens with zero attached hydrogens (tertiary/aromatic N) is 1. The van der Waals surface area contributed by atoms with Gasteiger partial charge >= 0.3 is 0 Å². The van der Waals surface area contributed by atoms with Crippen molar-refractivity contribution in [3.05, 3.63) is 11.3 Å². The minimum atomic E-state index is -3.52. The van der Waals surface area contributed by atoms with Crippen molar-refractivity contribution in [3.8, 4) is 0 Å². The first kappa shape index (κ1) is 17.1. The molecule has 1 rings (SSSR count). The van der Waals surface area contributed by atoms with Crippen molar-refractivity contribution in [2.75, 3.05) is 13.1 Å². The normalized spacial score (nSPS) is 11.9. The highest BCUT2D eigenvalue weighted by molar-refractivity contribution is 7.89. The van der Waals surface area contributed by atoms with E-state index in [0.717, 1.165) is 37.9 Å². The second kappa shape index (κ2) is 8.39. The molecule has 0 amide bonds. The summed E-state index contributed by atoms with van der Waals surface area (Å²) >= 11 is 0. The number of aromatic nitrogens is 2. The Morgan fingerprint density at radius 2 is 1.95 bits per heavy atom. The first-order valence-electron chi connectivity index (χ1n) is 7.27. The van der Waals surface area contributed by atoms with E-state index in [1.807, 2.05) is 13.8 Å². The van der Waals surface area contributed by atoms with E-state index in [-0.39, 0.29) is 5.03 Å². The molecular formula is C13H26N4O2S. The van der Waals surface area contributed by atoms with Gasteiger partial charge in [-0.1, -0.05) is 33.1 Å². The van der Waals surface area contributed by atoms with Gasteiger partial charge in [-0.3, -0.25) is 5.10 Å². The molecule has 0 radical (unpaired) electrons. The third-order valence-corrected chi connectivity index (χ3v) is 4.60. The number of hydrogen-bond acceptors (Lipinski definition) is 4. The minimum absolute atomic E-state index is 0.117. The molecule has 1 aromatic heterocycles. The average Bonchev–Trinajstić information content (AvgIpc) is 2.78. The van der Waals surface area contributed by atoms with Gasteiger partial charge < -0.3 is 5.32 Å². The Labute approximate surface area is 121 Å². The maximum absolute atomic E-state index is 12.2. The SMILES string of the molecule is CCCCCCNS(=O)(=O)c1n[nH]c(C)c1CNCC. The summed E-state index contributed by atoms with van der Waals surface area (Å²) < 4.78 is 27.1. The van der Waals surface area contributed by atoms with Gasteiger partial charge in [0.1, 0.15) is 0 Å². The van der Waals surface area contributed by atoms with Gasteiger partial charge in [0.2, 0.25) is 0 Å². The smallest absolute Gasteiger partial charge is 0.260 e. The third kappa shape index (κ3) is 4.88. The van der Waals surface area contributed by atoms with Crippen molar-refractivity contribution < 1.29 is 8.42 Å². The summed E-state index contributed by atoms with van der Waals surface area (Å²) in [4.78, 5) is 0. The van der Waals surface area contributed by atoms with Gasteiger partial charge in [-0.05, 0) is 19.9 Å². The second-order valence-electron chi connectivity index (χ2n) is 4.87. The van der Waals surface area contributed by atoms with E-state index in [1.54, 1.807) is 0 Å². The van der Waals surface area contributed by atoms with E-state index in [0.29, 0.717) is 18.7 Å². The van der Waals surface area contributed by atoms with Gasteiger partial charge in [-0.25, -0.2) is 13.1 Å². The molecule has 3 N–H and O–H groups in total. The van der Waals surface area contributed by atoms with Crippen LogP contribution in [0.1, 0.15) is 50.8 Å². The van der Waals surface area contributed by atoms with Crippen LogP contribution in [0.15, 0.2) is 5.03 Å². The van der Waals surface area contributed by atoms with Crippen LogP contribution in [0.25, 0.3) is 0 Å². The molecule has 0 saturated carbocycles.